The molecule has 1 aliphatic carbocycles. The molecule has 118 valence electrons. The molecule has 1 aromatic rings. The number of nitrogens with zero attached hydrogens (tertiary/aromatic N) is 2. The van der Waals surface area contributed by atoms with Crippen molar-refractivity contribution in [2.75, 3.05) is 12.0 Å². The quantitative estimate of drug-likeness (QED) is 0.445. The second kappa shape index (κ2) is 5.87. The molecule has 10 heteroatoms. The molecular weight excluding hydrogens is 316 g/mol. The molecule has 0 saturated heterocycles. The topological polar surface area (TPSA) is 119 Å². The van der Waals surface area contributed by atoms with Gasteiger partial charge in [-0.05, 0) is 32.6 Å². The molecule has 1 saturated carbocycles. The Morgan fingerprint density at radius 1 is 1.57 bits per heavy atom. The fourth-order valence-corrected chi connectivity index (χ4v) is 5.06. The monoisotopic (exact) mass is 334 g/mol. The van der Waals surface area contributed by atoms with Crippen LogP contribution in [0.1, 0.15) is 26.7 Å². The van der Waals surface area contributed by atoms with Crippen LogP contribution >= 0.6 is 11.3 Å². The van der Waals surface area contributed by atoms with Crippen LogP contribution in [0.3, 0.4) is 0 Å². The number of hydrazine groups is 1. The highest BCUT2D eigenvalue weighted by Crippen LogP contribution is 2.39. The van der Waals surface area contributed by atoms with E-state index in [2.05, 4.69) is 5.43 Å². The lowest BCUT2D eigenvalue weighted by Gasteiger charge is -2.24. The number of thiophene rings is 1. The van der Waals surface area contributed by atoms with Crippen molar-refractivity contribution in [1.82, 2.24) is 4.31 Å². The van der Waals surface area contributed by atoms with Crippen LogP contribution < -0.4 is 11.3 Å². The maximum absolute atomic E-state index is 12.7. The van der Waals surface area contributed by atoms with Gasteiger partial charge in [0.1, 0.15) is 4.21 Å². The van der Waals surface area contributed by atoms with E-state index in [4.69, 9.17) is 5.84 Å². The highest BCUT2D eigenvalue weighted by Gasteiger charge is 2.36. The average Bonchev–Trinajstić information content (AvgIpc) is 3.10. The van der Waals surface area contributed by atoms with Gasteiger partial charge >= 0.3 is 5.69 Å². The second-order valence-corrected chi connectivity index (χ2v) is 8.46. The standard InChI is InChI=1S/C11H18N4O4S2/c1-7(2)14(6-8-3-4-8)21(18,19)10-5-9(15(16)17)11(13-12)20-10/h5,7-8,13H,3-4,6,12H2,1-2H3. The third-order valence-electron chi connectivity index (χ3n) is 3.29. The van der Waals surface area contributed by atoms with Gasteiger partial charge in [0, 0.05) is 18.7 Å². The lowest BCUT2D eigenvalue weighted by molar-refractivity contribution is -0.383. The molecule has 0 spiro atoms. The predicted octanol–water partition coefficient (Wildman–Crippen LogP) is 1.75. The zero-order chi connectivity index (χ0) is 15.8. The van der Waals surface area contributed by atoms with Crippen LogP contribution in [-0.4, -0.2) is 30.2 Å². The van der Waals surface area contributed by atoms with E-state index in [1.165, 1.54) is 4.31 Å². The Morgan fingerprint density at radius 2 is 2.19 bits per heavy atom. The molecule has 0 aromatic carbocycles. The normalized spacial score (nSPS) is 15.7. The van der Waals surface area contributed by atoms with Gasteiger partial charge in [-0.25, -0.2) is 14.3 Å². The SMILES string of the molecule is CC(C)N(CC1CC1)S(=O)(=O)c1cc([N+](=O)[O-])c(NN)s1. The summed E-state index contributed by atoms with van der Waals surface area (Å²) in [6.45, 7) is 4.05. The van der Waals surface area contributed by atoms with Crippen molar-refractivity contribution >= 4 is 32.0 Å². The maximum Gasteiger partial charge on any atom is 0.306 e. The van der Waals surface area contributed by atoms with Crippen LogP contribution in [0, 0.1) is 16.0 Å². The van der Waals surface area contributed by atoms with Crippen LogP contribution in [0.15, 0.2) is 10.3 Å². The van der Waals surface area contributed by atoms with Gasteiger partial charge < -0.3 is 5.43 Å². The zero-order valence-electron chi connectivity index (χ0n) is 11.8. The molecule has 1 aromatic heterocycles. The Morgan fingerprint density at radius 3 is 2.57 bits per heavy atom. The molecule has 8 nitrogen and oxygen atoms in total. The first-order valence-electron chi connectivity index (χ1n) is 6.54. The van der Waals surface area contributed by atoms with Crippen LogP contribution in [0.25, 0.3) is 0 Å². The van der Waals surface area contributed by atoms with Gasteiger partial charge in [0.25, 0.3) is 10.0 Å². The Kier molecular flexibility index (Phi) is 4.51. The molecule has 0 atom stereocenters. The van der Waals surface area contributed by atoms with Crippen molar-refractivity contribution < 1.29 is 13.3 Å². The van der Waals surface area contributed by atoms with Gasteiger partial charge in [-0.3, -0.25) is 10.1 Å². The molecule has 3 N–H and O–H groups in total. The summed E-state index contributed by atoms with van der Waals surface area (Å²) in [6, 6.07) is 0.864. The molecule has 2 rings (SSSR count). The van der Waals surface area contributed by atoms with E-state index in [0.29, 0.717) is 12.5 Å². The molecule has 0 amide bonds. The Bertz CT molecular complexity index is 637. The highest BCUT2D eigenvalue weighted by molar-refractivity contribution is 7.91. The van der Waals surface area contributed by atoms with Crippen LogP contribution in [0.2, 0.25) is 0 Å². The Hall–Kier alpha value is -1.23. The number of rotatable bonds is 7. The molecule has 0 unspecified atom stereocenters. The van der Waals surface area contributed by atoms with Crippen LogP contribution in [0.4, 0.5) is 10.7 Å². The fourth-order valence-electron chi connectivity index (χ4n) is 1.98. The maximum atomic E-state index is 12.7. The van der Waals surface area contributed by atoms with Gasteiger partial charge in [0.2, 0.25) is 0 Å². The van der Waals surface area contributed by atoms with Crippen molar-refractivity contribution in [1.29, 1.82) is 0 Å². The minimum absolute atomic E-state index is 0.0358. The van der Waals surface area contributed by atoms with Crippen molar-refractivity contribution in [3.8, 4) is 0 Å². The van der Waals surface area contributed by atoms with E-state index >= 15 is 0 Å². The van der Waals surface area contributed by atoms with Gasteiger partial charge in [0.15, 0.2) is 5.00 Å². The van der Waals surface area contributed by atoms with E-state index in [1.807, 2.05) is 0 Å². The molecule has 0 radical (unpaired) electrons. The van der Waals surface area contributed by atoms with Crippen LogP contribution in [0.5, 0.6) is 0 Å². The lowest BCUT2D eigenvalue weighted by Crippen LogP contribution is -2.38. The van der Waals surface area contributed by atoms with E-state index in [0.717, 1.165) is 30.2 Å². The first-order chi connectivity index (χ1) is 9.77. The van der Waals surface area contributed by atoms with Crippen molar-refractivity contribution in [3.63, 3.8) is 0 Å². The summed E-state index contributed by atoms with van der Waals surface area (Å²) in [5, 5.41) is 11.0. The van der Waals surface area contributed by atoms with Gasteiger partial charge in [0.05, 0.1) is 4.92 Å². The van der Waals surface area contributed by atoms with E-state index in [1.54, 1.807) is 13.8 Å². The lowest BCUT2D eigenvalue weighted by atomic mass is 10.3. The smallest absolute Gasteiger partial charge is 0.306 e. The summed E-state index contributed by atoms with van der Waals surface area (Å²) in [4.78, 5) is 10.3. The summed E-state index contributed by atoms with van der Waals surface area (Å²) in [7, 11) is -3.75. The second-order valence-electron chi connectivity index (χ2n) is 5.29. The predicted molar refractivity (Wildman–Crippen MR) is 80.5 cm³/mol. The van der Waals surface area contributed by atoms with E-state index in [9.17, 15) is 18.5 Å². The third kappa shape index (κ3) is 3.34. The number of sulfonamides is 1. The number of hydrogen-bond acceptors (Lipinski definition) is 7. The third-order valence-corrected chi connectivity index (χ3v) is 6.84. The number of nitrogen functional groups attached to an aromatic ring is 1. The molecular formula is C11H18N4O4S2. The summed E-state index contributed by atoms with van der Waals surface area (Å²) < 4.78 is 26.7. The fraction of sp³-hybridized carbons (Fsp3) is 0.636. The summed E-state index contributed by atoms with van der Waals surface area (Å²) in [5.74, 6) is 5.61. The summed E-state index contributed by atoms with van der Waals surface area (Å²) >= 11 is 0.781. The molecule has 1 heterocycles. The zero-order valence-corrected chi connectivity index (χ0v) is 13.4. The minimum atomic E-state index is -3.75. The first-order valence-corrected chi connectivity index (χ1v) is 8.79. The Labute approximate surface area is 127 Å². The highest BCUT2D eigenvalue weighted by atomic mass is 32.2. The largest absolute Gasteiger partial charge is 0.310 e. The molecule has 0 aliphatic heterocycles. The van der Waals surface area contributed by atoms with Gasteiger partial charge in [-0.2, -0.15) is 4.31 Å². The first kappa shape index (κ1) is 16.1. The molecule has 1 fully saturated rings. The number of nitro groups is 1. The average molecular weight is 334 g/mol. The number of nitrogens with two attached hydrogens (primary N) is 1. The number of nitrogens with one attached hydrogen (secondary N) is 1. The number of hydrogen-bond donors (Lipinski definition) is 2. The number of anilines is 1. The van der Waals surface area contributed by atoms with Crippen molar-refractivity contribution in [3.05, 3.63) is 16.2 Å². The Balaban J connectivity index is 2.39. The molecule has 0 bridgehead atoms. The van der Waals surface area contributed by atoms with E-state index < -0.39 is 14.9 Å². The van der Waals surface area contributed by atoms with Gasteiger partial charge in [-0.1, -0.05) is 11.3 Å². The molecule has 21 heavy (non-hydrogen) atoms. The van der Waals surface area contributed by atoms with Crippen molar-refractivity contribution in [2.24, 2.45) is 11.8 Å². The van der Waals surface area contributed by atoms with Crippen molar-refractivity contribution in [2.45, 2.75) is 36.9 Å². The summed E-state index contributed by atoms with van der Waals surface area (Å²) in [6.07, 6.45) is 2.05. The van der Waals surface area contributed by atoms with Crippen LogP contribution in [-0.2, 0) is 10.0 Å². The van der Waals surface area contributed by atoms with Gasteiger partial charge in [-0.15, -0.1) is 0 Å². The minimum Gasteiger partial charge on any atom is -0.310 e. The molecule has 1 aliphatic rings. The summed E-state index contributed by atoms with van der Waals surface area (Å²) in [5.41, 5.74) is 1.86. The van der Waals surface area contributed by atoms with E-state index in [-0.39, 0.29) is 20.9 Å².